The van der Waals surface area contributed by atoms with Crippen LogP contribution in [0.15, 0.2) is 24.3 Å². The van der Waals surface area contributed by atoms with Gasteiger partial charge in [0.2, 0.25) is 0 Å². The molecule has 0 aliphatic heterocycles. The number of rotatable bonds is 2. The minimum absolute atomic E-state index is 0.0789. The fourth-order valence-electron chi connectivity index (χ4n) is 2.20. The zero-order valence-corrected chi connectivity index (χ0v) is 9.64. The molecule has 0 aromatic heterocycles. The van der Waals surface area contributed by atoms with Crippen molar-refractivity contribution >= 4 is 6.03 Å². The van der Waals surface area contributed by atoms with Crippen LogP contribution in [0.25, 0.3) is 0 Å². The van der Waals surface area contributed by atoms with Crippen LogP contribution in [-0.4, -0.2) is 18.2 Å². The summed E-state index contributed by atoms with van der Waals surface area (Å²) in [4.78, 5) is 15.9. The summed E-state index contributed by atoms with van der Waals surface area (Å²) in [6.07, 6.45) is 0.930. The van der Waals surface area contributed by atoms with Crippen LogP contribution < -0.4 is 10.8 Å². The third-order valence-electron chi connectivity index (χ3n) is 2.96. The molecule has 0 saturated carbocycles. The largest absolute Gasteiger partial charge is 0.388 e. The van der Waals surface area contributed by atoms with Gasteiger partial charge in [0.25, 0.3) is 0 Å². The van der Waals surface area contributed by atoms with E-state index in [2.05, 4.69) is 15.6 Å². The van der Waals surface area contributed by atoms with Gasteiger partial charge in [0.1, 0.15) is 0 Å². The predicted octanol–water partition coefficient (Wildman–Crippen LogP) is 1.42. The maximum atomic E-state index is 11.4. The lowest BCUT2D eigenvalue weighted by Crippen LogP contribution is -2.38. The van der Waals surface area contributed by atoms with Crippen LogP contribution in [0.1, 0.15) is 36.1 Å². The molecule has 5 heteroatoms. The number of nitrogens with one attached hydrogen (secondary N) is 2. The molecule has 0 saturated heterocycles. The number of amides is 2. The molecule has 0 spiro atoms. The van der Waals surface area contributed by atoms with Crippen molar-refractivity contribution in [3.63, 3.8) is 0 Å². The van der Waals surface area contributed by atoms with E-state index in [1.807, 2.05) is 24.3 Å². The molecule has 1 aromatic carbocycles. The molecule has 1 aromatic rings. The van der Waals surface area contributed by atoms with Crippen LogP contribution in [0.5, 0.6) is 0 Å². The minimum Gasteiger partial charge on any atom is -0.388 e. The maximum Gasteiger partial charge on any atom is 0.339 e. The summed E-state index contributed by atoms with van der Waals surface area (Å²) in [5.74, 6) is 0. The smallest absolute Gasteiger partial charge is 0.339 e. The number of urea groups is 1. The van der Waals surface area contributed by atoms with Crippen molar-refractivity contribution in [3.8, 4) is 0 Å². The van der Waals surface area contributed by atoms with Crippen LogP contribution >= 0.6 is 0 Å². The molecule has 0 heterocycles. The molecule has 92 valence electrons. The summed E-state index contributed by atoms with van der Waals surface area (Å²) < 4.78 is 0. The Morgan fingerprint density at radius 2 is 2.06 bits per heavy atom. The molecule has 0 radical (unpaired) electrons. The Bertz CT molecular complexity index is 408. The lowest BCUT2D eigenvalue weighted by molar-refractivity contribution is 0.103. The molecule has 2 atom stereocenters. The summed E-state index contributed by atoms with van der Waals surface area (Å²) in [5, 5.41) is 12.7. The van der Waals surface area contributed by atoms with Gasteiger partial charge in [-0.2, -0.15) is 0 Å². The highest BCUT2D eigenvalue weighted by Crippen LogP contribution is 2.35. The Labute approximate surface area is 99.7 Å². The van der Waals surface area contributed by atoms with Crippen molar-refractivity contribution in [2.75, 3.05) is 7.11 Å². The van der Waals surface area contributed by atoms with E-state index < -0.39 is 6.10 Å². The second-order valence-electron chi connectivity index (χ2n) is 4.05. The molecule has 2 amide bonds. The van der Waals surface area contributed by atoms with Gasteiger partial charge in [-0.3, -0.25) is 4.84 Å². The number of aliphatic hydroxyl groups excluding tert-OH is 1. The SMILES string of the molecule is CONC(=O)N[C@H]1CC[C@H](O)c2ccccc21. The topological polar surface area (TPSA) is 70.6 Å². The highest BCUT2D eigenvalue weighted by Gasteiger charge is 2.26. The van der Waals surface area contributed by atoms with E-state index in [0.29, 0.717) is 6.42 Å². The summed E-state index contributed by atoms with van der Waals surface area (Å²) in [6, 6.07) is 7.16. The van der Waals surface area contributed by atoms with E-state index in [9.17, 15) is 9.90 Å². The standard InChI is InChI=1S/C12H16N2O3/c1-17-14-12(16)13-10-6-7-11(15)9-5-3-2-4-8(9)10/h2-5,10-11,15H,6-7H2,1H3,(H2,13,14,16)/t10-,11-/m0/s1. The van der Waals surface area contributed by atoms with Gasteiger partial charge in [-0.25, -0.2) is 10.3 Å². The second kappa shape index (κ2) is 5.16. The average Bonchev–Trinajstić information content (AvgIpc) is 2.34. The van der Waals surface area contributed by atoms with Gasteiger partial charge in [-0.1, -0.05) is 24.3 Å². The highest BCUT2D eigenvalue weighted by molar-refractivity contribution is 5.73. The van der Waals surface area contributed by atoms with Crippen molar-refractivity contribution in [3.05, 3.63) is 35.4 Å². The van der Waals surface area contributed by atoms with Crippen LogP contribution in [0.3, 0.4) is 0 Å². The molecule has 1 aliphatic carbocycles. The first-order valence-corrected chi connectivity index (χ1v) is 5.58. The fraction of sp³-hybridized carbons (Fsp3) is 0.417. The Hall–Kier alpha value is -1.59. The number of aliphatic hydroxyl groups is 1. The molecular weight excluding hydrogens is 220 g/mol. The Morgan fingerprint density at radius 1 is 1.35 bits per heavy atom. The first kappa shape index (κ1) is 11.9. The summed E-state index contributed by atoms with van der Waals surface area (Å²) in [6.45, 7) is 0. The van der Waals surface area contributed by atoms with Crippen LogP contribution in [0.4, 0.5) is 4.79 Å². The van der Waals surface area contributed by atoms with Crippen molar-refractivity contribution in [2.45, 2.75) is 25.0 Å². The number of benzene rings is 1. The van der Waals surface area contributed by atoms with Crippen LogP contribution in [0, 0.1) is 0 Å². The first-order chi connectivity index (χ1) is 8.22. The van der Waals surface area contributed by atoms with E-state index in [-0.39, 0.29) is 12.1 Å². The number of hydrogen-bond donors (Lipinski definition) is 3. The summed E-state index contributed by atoms with van der Waals surface area (Å²) in [5.41, 5.74) is 4.08. The number of hydroxylamine groups is 1. The molecule has 17 heavy (non-hydrogen) atoms. The van der Waals surface area contributed by atoms with Gasteiger partial charge in [0.05, 0.1) is 19.3 Å². The lowest BCUT2D eigenvalue weighted by Gasteiger charge is -2.29. The number of hydrogen-bond acceptors (Lipinski definition) is 3. The minimum atomic E-state index is -0.435. The maximum absolute atomic E-state index is 11.4. The quantitative estimate of drug-likeness (QED) is 0.680. The zero-order chi connectivity index (χ0) is 12.3. The van der Waals surface area contributed by atoms with E-state index >= 15 is 0 Å². The van der Waals surface area contributed by atoms with E-state index in [1.165, 1.54) is 7.11 Å². The van der Waals surface area contributed by atoms with Gasteiger partial charge >= 0.3 is 6.03 Å². The summed E-state index contributed by atoms with van der Waals surface area (Å²) in [7, 11) is 1.39. The van der Waals surface area contributed by atoms with E-state index in [4.69, 9.17) is 0 Å². The average molecular weight is 236 g/mol. The van der Waals surface area contributed by atoms with E-state index in [0.717, 1.165) is 17.5 Å². The summed E-state index contributed by atoms with van der Waals surface area (Å²) >= 11 is 0. The van der Waals surface area contributed by atoms with Crippen molar-refractivity contribution in [2.24, 2.45) is 0 Å². The predicted molar refractivity (Wildman–Crippen MR) is 62.1 cm³/mol. The molecular formula is C12H16N2O3. The molecule has 5 nitrogen and oxygen atoms in total. The first-order valence-electron chi connectivity index (χ1n) is 5.58. The Kier molecular flexibility index (Phi) is 3.61. The van der Waals surface area contributed by atoms with Crippen molar-refractivity contribution in [1.29, 1.82) is 0 Å². The van der Waals surface area contributed by atoms with Crippen LogP contribution in [0.2, 0.25) is 0 Å². The zero-order valence-electron chi connectivity index (χ0n) is 9.64. The molecule has 1 aliphatic rings. The van der Waals surface area contributed by atoms with Crippen molar-refractivity contribution < 1.29 is 14.7 Å². The molecule has 0 fully saturated rings. The third-order valence-corrected chi connectivity index (χ3v) is 2.96. The third kappa shape index (κ3) is 2.57. The number of carbonyl (C=O) groups excluding carboxylic acids is 1. The van der Waals surface area contributed by atoms with Gasteiger partial charge in [-0.15, -0.1) is 0 Å². The fourth-order valence-corrected chi connectivity index (χ4v) is 2.20. The Balaban J connectivity index is 2.16. The van der Waals surface area contributed by atoms with Crippen molar-refractivity contribution in [1.82, 2.24) is 10.8 Å². The van der Waals surface area contributed by atoms with Gasteiger partial charge in [0, 0.05) is 0 Å². The van der Waals surface area contributed by atoms with E-state index in [1.54, 1.807) is 0 Å². The molecule has 0 unspecified atom stereocenters. The normalized spacial score (nSPS) is 22.7. The van der Waals surface area contributed by atoms with Gasteiger partial charge in [-0.05, 0) is 24.0 Å². The number of carbonyl (C=O) groups is 1. The number of fused-ring (bicyclic) bond motifs is 1. The van der Waals surface area contributed by atoms with Gasteiger partial charge < -0.3 is 10.4 Å². The monoisotopic (exact) mass is 236 g/mol. The Morgan fingerprint density at radius 3 is 2.76 bits per heavy atom. The molecule has 2 rings (SSSR count). The van der Waals surface area contributed by atoms with Crippen LogP contribution in [-0.2, 0) is 4.84 Å². The molecule has 0 bridgehead atoms. The molecule has 3 N–H and O–H groups in total. The highest BCUT2D eigenvalue weighted by atomic mass is 16.6. The second-order valence-corrected chi connectivity index (χ2v) is 4.05. The lowest BCUT2D eigenvalue weighted by atomic mass is 9.86. The van der Waals surface area contributed by atoms with Gasteiger partial charge in [0.15, 0.2) is 0 Å².